The smallest absolute Gasteiger partial charge is 0.481 e. The molecule has 112 valence electrons. The topological polar surface area (TPSA) is 59.4 Å². The van der Waals surface area contributed by atoms with E-state index in [0.29, 0.717) is 0 Å². The van der Waals surface area contributed by atoms with Crippen molar-refractivity contribution in [3.8, 4) is 5.88 Å². The number of carboxylic acid groups (broad SMARTS) is 1. The molecule has 0 aliphatic heterocycles. The van der Waals surface area contributed by atoms with Gasteiger partial charge in [-0.3, -0.25) is 4.79 Å². The molecule has 0 amide bonds. The Morgan fingerprint density at radius 3 is 2.45 bits per heavy atom. The molecular weight excluding hydrogens is 357 g/mol. The van der Waals surface area contributed by atoms with Gasteiger partial charge in [0.15, 0.2) is 0 Å². The molecule has 1 aromatic rings. The second kappa shape index (κ2) is 6.33. The van der Waals surface area contributed by atoms with Gasteiger partial charge in [-0.2, -0.15) is 0 Å². The molecule has 0 aliphatic carbocycles. The van der Waals surface area contributed by atoms with E-state index in [1.54, 1.807) is 0 Å². The van der Waals surface area contributed by atoms with Crippen LogP contribution >= 0.6 is 15.9 Å². The molecule has 0 radical (unpaired) electrons. The maximum Gasteiger partial charge on any atom is 0.574 e. The number of carbonyl (C=O) groups is 1. The molecule has 4 nitrogen and oxygen atoms in total. The van der Waals surface area contributed by atoms with Gasteiger partial charge in [0.2, 0.25) is 5.88 Å². The minimum Gasteiger partial charge on any atom is -0.481 e. The minimum absolute atomic E-state index is 0.0331. The number of nitrogens with zero attached hydrogens (tertiary/aromatic N) is 1. The zero-order chi connectivity index (χ0) is 15.5. The first kappa shape index (κ1) is 16.6. The van der Waals surface area contributed by atoms with Gasteiger partial charge in [-0.05, 0) is 11.6 Å². The molecule has 0 atom stereocenters. The van der Waals surface area contributed by atoms with Crippen LogP contribution in [0.4, 0.5) is 22.0 Å². The van der Waals surface area contributed by atoms with E-state index in [-0.39, 0.29) is 16.6 Å². The summed E-state index contributed by atoms with van der Waals surface area (Å²) in [5.41, 5.74) is -1.28. The highest BCUT2D eigenvalue weighted by molar-refractivity contribution is 9.08. The molecule has 0 fully saturated rings. The molecule has 0 bridgehead atoms. The fraction of sp³-hybridized carbons (Fsp3) is 0.400. The zero-order valence-corrected chi connectivity index (χ0v) is 11.1. The van der Waals surface area contributed by atoms with Crippen LogP contribution in [0.25, 0.3) is 0 Å². The number of pyridine rings is 1. The van der Waals surface area contributed by atoms with E-state index in [1.165, 1.54) is 0 Å². The van der Waals surface area contributed by atoms with Crippen molar-refractivity contribution in [2.75, 3.05) is 0 Å². The number of alkyl halides is 6. The highest BCUT2D eigenvalue weighted by Gasteiger charge is 2.34. The highest BCUT2D eigenvalue weighted by Crippen LogP contribution is 2.33. The predicted molar refractivity (Wildman–Crippen MR) is 59.8 cm³/mol. The summed E-state index contributed by atoms with van der Waals surface area (Å²) in [4.78, 5) is 13.8. The second-order valence-electron chi connectivity index (χ2n) is 3.54. The van der Waals surface area contributed by atoms with Gasteiger partial charge in [0, 0.05) is 5.33 Å². The summed E-state index contributed by atoms with van der Waals surface area (Å²) >= 11 is 2.93. The molecule has 0 saturated carbocycles. The van der Waals surface area contributed by atoms with E-state index in [9.17, 15) is 26.7 Å². The van der Waals surface area contributed by atoms with Gasteiger partial charge in [-0.25, -0.2) is 13.8 Å². The molecule has 0 aromatic carbocycles. The van der Waals surface area contributed by atoms with Crippen LogP contribution in [0.2, 0.25) is 0 Å². The van der Waals surface area contributed by atoms with Crippen LogP contribution in [0, 0.1) is 0 Å². The lowest BCUT2D eigenvalue weighted by molar-refractivity contribution is -0.276. The molecular formula is C10H7BrF5NO3. The van der Waals surface area contributed by atoms with Crippen molar-refractivity contribution in [2.24, 2.45) is 0 Å². The number of rotatable bonds is 5. The summed E-state index contributed by atoms with van der Waals surface area (Å²) in [7, 11) is 0. The van der Waals surface area contributed by atoms with Crippen molar-refractivity contribution in [3.63, 3.8) is 0 Å². The Kier molecular flexibility index (Phi) is 5.26. The number of halogens is 6. The Morgan fingerprint density at radius 2 is 2.05 bits per heavy atom. The van der Waals surface area contributed by atoms with Crippen LogP contribution in [-0.2, 0) is 16.5 Å². The van der Waals surface area contributed by atoms with Crippen LogP contribution in [0.15, 0.2) is 6.07 Å². The summed E-state index contributed by atoms with van der Waals surface area (Å²) in [5.74, 6) is -2.70. The summed E-state index contributed by atoms with van der Waals surface area (Å²) < 4.78 is 65.2. The largest absolute Gasteiger partial charge is 0.574 e. The predicted octanol–water partition coefficient (Wildman–Crippen LogP) is 3.44. The Morgan fingerprint density at radius 1 is 1.45 bits per heavy atom. The van der Waals surface area contributed by atoms with E-state index < -0.39 is 36.6 Å². The molecule has 0 unspecified atom stereocenters. The maximum absolute atomic E-state index is 12.7. The van der Waals surface area contributed by atoms with Gasteiger partial charge < -0.3 is 9.84 Å². The van der Waals surface area contributed by atoms with Gasteiger partial charge in [0.1, 0.15) is 0 Å². The number of aliphatic carboxylic acids is 1. The summed E-state index contributed by atoms with van der Waals surface area (Å²) in [6.45, 7) is 0. The summed E-state index contributed by atoms with van der Waals surface area (Å²) in [6.07, 6.45) is -9.15. The monoisotopic (exact) mass is 363 g/mol. The van der Waals surface area contributed by atoms with Gasteiger partial charge in [-0.15, -0.1) is 13.2 Å². The Hall–Kier alpha value is -1.45. The Bertz CT molecular complexity index is 506. The molecule has 1 aromatic heterocycles. The average Bonchev–Trinajstić information content (AvgIpc) is 2.25. The molecule has 1 rings (SSSR count). The van der Waals surface area contributed by atoms with Crippen LogP contribution in [0.1, 0.15) is 23.2 Å². The first-order valence-corrected chi connectivity index (χ1v) is 6.10. The van der Waals surface area contributed by atoms with E-state index in [2.05, 4.69) is 25.7 Å². The lowest BCUT2D eigenvalue weighted by atomic mass is 10.1. The van der Waals surface area contributed by atoms with Crippen molar-refractivity contribution >= 4 is 21.9 Å². The number of aromatic nitrogens is 1. The van der Waals surface area contributed by atoms with Crippen molar-refractivity contribution < 1.29 is 36.6 Å². The van der Waals surface area contributed by atoms with Crippen LogP contribution in [0.3, 0.4) is 0 Å². The first-order valence-electron chi connectivity index (χ1n) is 4.98. The Balaban J connectivity index is 3.34. The number of hydrogen-bond donors (Lipinski definition) is 1. The van der Waals surface area contributed by atoms with Gasteiger partial charge in [-0.1, -0.05) is 15.9 Å². The van der Waals surface area contributed by atoms with E-state index >= 15 is 0 Å². The van der Waals surface area contributed by atoms with E-state index in [1.807, 2.05) is 0 Å². The molecule has 1 heterocycles. The summed E-state index contributed by atoms with van der Waals surface area (Å²) in [6, 6.07) is 0.742. The minimum atomic E-state index is -5.20. The number of carboxylic acids is 1. The molecule has 10 heteroatoms. The number of hydrogen-bond acceptors (Lipinski definition) is 3. The Labute approximate surface area is 117 Å². The van der Waals surface area contributed by atoms with Crippen molar-refractivity contribution in [1.29, 1.82) is 0 Å². The third-order valence-electron chi connectivity index (χ3n) is 2.09. The van der Waals surface area contributed by atoms with Crippen LogP contribution in [-0.4, -0.2) is 22.4 Å². The zero-order valence-electron chi connectivity index (χ0n) is 9.55. The quantitative estimate of drug-likeness (QED) is 0.643. The van der Waals surface area contributed by atoms with Gasteiger partial charge in [0.25, 0.3) is 6.43 Å². The second-order valence-corrected chi connectivity index (χ2v) is 4.10. The van der Waals surface area contributed by atoms with Gasteiger partial charge in [0.05, 0.1) is 17.7 Å². The lowest BCUT2D eigenvalue weighted by Gasteiger charge is -2.15. The fourth-order valence-corrected chi connectivity index (χ4v) is 1.84. The number of ether oxygens (including phenoxy) is 1. The molecule has 1 N–H and O–H groups in total. The van der Waals surface area contributed by atoms with Crippen molar-refractivity contribution in [3.05, 3.63) is 22.9 Å². The normalized spacial score (nSPS) is 11.8. The average molecular weight is 364 g/mol. The van der Waals surface area contributed by atoms with Gasteiger partial charge >= 0.3 is 12.3 Å². The molecule has 0 saturated heterocycles. The third-order valence-corrected chi connectivity index (χ3v) is 2.70. The standard InChI is InChI=1S/C10H7BrF5NO3/c11-3-4-1-5(8(12)13)9(20-10(14,15)16)17-6(4)2-7(18)19/h1,8H,2-3H2,(H,18,19). The highest BCUT2D eigenvalue weighted by atomic mass is 79.9. The third kappa shape index (κ3) is 4.58. The van der Waals surface area contributed by atoms with Crippen LogP contribution < -0.4 is 4.74 Å². The van der Waals surface area contributed by atoms with Crippen molar-refractivity contribution in [1.82, 2.24) is 4.98 Å². The summed E-state index contributed by atoms with van der Waals surface area (Å²) in [5, 5.41) is 8.59. The SMILES string of the molecule is O=C(O)Cc1nc(OC(F)(F)F)c(C(F)F)cc1CBr. The molecule has 0 spiro atoms. The first-order chi connectivity index (χ1) is 9.14. The lowest BCUT2D eigenvalue weighted by Crippen LogP contribution is -2.20. The van der Waals surface area contributed by atoms with E-state index in [0.717, 1.165) is 6.07 Å². The van der Waals surface area contributed by atoms with Crippen LogP contribution in [0.5, 0.6) is 5.88 Å². The maximum atomic E-state index is 12.7. The van der Waals surface area contributed by atoms with Crippen molar-refractivity contribution in [2.45, 2.75) is 24.5 Å². The fourth-order valence-electron chi connectivity index (χ4n) is 1.35. The molecule has 0 aliphatic rings. The van der Waals surface area contributed by atoms with E-state index in [4.69, 9.17) is 5.11 Å². The molecule has 20 heavy (non-hydrogen) atoms.